The van der Waals surface area contributed by atoms with Gasteiger partial charge in [-0.3, -0.25) is 0 Å². The topological polar surface area (TPSA) is 9.23 Å². The van der Waals surface area contributed by atoms with E-state index in [0.29, 0.717) is 11.5 Å². The van der Waals surface area contributed by atoms with E-state index in [9.17, 15) is 0 Å². The van der Waals surface area contributed by atoms with Gasteiger partial charge in [-0.1, -0.05) is 26.7 Å². The summed E-state index contributed by atoms with van der Waals surface area (Å²) in [5, 5.41) is 0. The van der Waals surface area contributed by atoms with Crippen LogP contribution in [0.25, 0.3) is 0 Å². The molecule has 0 aromatic heterocycles. The molecule has 0 spiro atoms. The Balaban J connectivity index is 2.47. The van der Waals surface area contributed by atoms with Crippen LogP contribution in [-0.2, 0) is 4.74 Å². The summed E-state index contributed by atoms with van der Waals surface area (Å²) in [6, 6.07) is 0. The zero-order chi connectivity index (χ0) is 9.73. The smallest absolute Gasteiger partial charge is 0.0547 e. The quantitative estimate of drug-likeness (QED) is 0.646. The largest absolute Gasteiger partial charge is 0.378 e. The first-order chi connectivity index (χ1) is 6.22. The van der Waals surface area contributed by atoms with Crippen LogP contribution >= 0.6 is 0 Å². The van der Waals surface area contributed by atoms with E-state index >= 15 is 0 Å². The van der Waals surface area contributed by atoms with E-state index in [1.807, 2.05) is 0 Å². The molecule has 0 aromatic carbocycles. The molecule has 0 aromatic rings. The van der Waals surface area contributed by atoms with Crippen molar-refractivity contribution in [1.29, 1.82) is 0 Å². The molecule has 0 radical (unpaired) electrons. The Labute approximate surface area is 82.9 Å². The first-order valence-electron chi connectivity index (χ1n) is 5.84. The van der Waals surface area contributed by atoms with Crippen LogP contribution in [0.3, 0.4) is 0 Å². The van der Waals surface area contributed by atoms with Gasteiger partial charge >= 0.3 is 0 Å². The second-order valence-electron chi connectivity index (χ2n) is 4.66. The van der Waals surface area contributed by atoms with Crippen molar-refractivity contribution in [2.45, 2.75) is 65.4 Å². The minimum absolute atomic E-state index is 0.502. The van der Waals surface area contributed by atoms with Gasteiger partial charge in [0.05, 0.1) is 12.7 Å². The van der Waals surface area contributed by atoms with Crippen molar-refractivity contribution in [3.63, 3.8) is 0 Å². The van der Waals surface area contributed by atoms with Crippen molar-refractivity contribution >= 4 is 0 Å². The van der Waals surface area contributed by atoms with Crippen molar-refractivity contribution < 1.29 is 4.74 Å². The summed E-state index contributed by atoms with van der Waals surface area (Å²) in [6.45, 7) is 7.78. The van der Waals surface area contributed by atoms with Crippen LogP contribution in [0.2, 0.25) is 0 Å². The molecular formula is C12H24O. The Hall–Kier alpha value is -0.0400. The Kier molecular flexibility index (Phi) is 4.24. The Morgan fingerprint density at radius 3 is 2.23 bits per heavy atom. The molecule has 1 aliphatic rings. The van der Waals surface area contributed by atoms with Crippen LogP contribution in [-0.4, -0.2) is 12.7 Å². The summed E-state index contributed by atoms with van der Waals surface area (Å²) in [5.41, 5.74) is 0.538. The highest BCUT2D eigenvalue weighted by Gasteiger charge is 2.32. The summed E-state index contributed by atoms with van der Waals surface area (Å²) in [4.78, 5) is 0. The van der Waals surface area contributed by atoms with Gasteiger partial charge in [0.15, 0.2) is 0 Å². The van der Waals surface area contributed by atoms with Gasteiger partial charge in [-0.2, -0.15) is 0 Å². The summed E-state index contributed by atoms with van der Waals surface area (Å²) in [5.74, 6) is 0. The zero-order valence-corrected chi connectivity index (χ0v) is 9.44. The van der Waals surface area contributed by atoms with E-state index in [4.69, 9.17) is 4.74 Å². The van der Waals surface area contributed by atoms with E-state index in [-0.39, 0.29) is 0 Å². The lowest BCUT2D eigenvalue weighted by molar-refractivity contribution is -0.0622. The number of hydrogen-bond donors (Lipinski definition) is 0. The fourth-order valence-electron chi connectivity index (χ4n) is 2.56. The standard InChI is InChI=1S/C12H24O/c1-4-7-12(8-5-2)9-6-11(3)13-10-12/h11H,4-10H2,1-3H3/t11-/m0/s1. The molecule has 0 bridgehead atoms. The lowest BCUT2D eigenvalue weighted by Gasteiger charge is -2.39. The molecule has 0 amide bonds. The van der Waals surface area contributed by atoms with Gasteiger partial charge in [-0.25, -0.2) is 0 Å². The number of ether oxygens (including phenoxy) is 1. The van der Waals surface area contributed by atoms with Crippen LogP contribution in [0.4, 0.5) is 0 Å². The summed E-state index contributed by atoms with van der Waals surface area (Å²) in [7, 11) is 0. The summed E-state index contributed by atoms with van der Waals surface area (Å²) < 4.78 is 5.80. The van der Waals surface area contributed by atoms with Crippen molar-refractivity contribution in [3.05, 3.63) is 0 Å². The molecule has 0 aliphatic carbocycles. The van der Waals surface area contributed by atoms with Gasteiger partial charge < -0.3 is 4.74 Å². The fourth-order valence-corrected chi connectivity index (χ4v) is 2.56. The maximum absolute atomic E-state index is 5.80. The Morgan fingerprint density at radius 2 is 1.85 bits per heavy atom. The molecule has 1 atom stereocenters. The average Bonchev–Trinajstić information content (AvgIpc) is 2.11. The number of rotatable bonds is 4. The molecule has 1 aliphatic heterocycles. The molecular weight excluding hydrogens is 160 g/mol. The normalized spacial score (nSPS) is 27.5. The molecule has 1 heteroatoms. The van der Waals surface area contributed by atoms with Crippen LogP contribution in [0.5, 0.6) is 0 Å². The van der Waals surface area contributed by atoms with Gasteiger partial charge in [0.2, 0.25) is 0 Å². The van der Waals surface area contributed by atoms with E-state index in [2.05, 4.69) is 20.8 Å². The molecule has 1 saturated heterocycles. The monoisotopic (exact) mass is 184 g/mol. The highest BCUT2D eigenvalue weighted by Crippen LogP contribution is 2.39. The first kappa shape index (κ1) is 11.0. The maximum Gasteiger partial charge on any atom is 0.0547 e. The minimum atomic E-state index is 0.502. The van der Waals surface area contributed by atoms with Gasteiger partial charge in [0.1, 0.15) is 0 Å². The third kappa shape index (κ3) is 2.98. The number of hydrogen-bond acceptors (Lipinski definition) is 1. The predicted molar refractivity (Wildman–Crippen MR) is 56.9 cm³/mol. The molecule has 0 saturated carbocycles. The second kappa shape index (κ2) is 4.99. The molecule has 1 fully saturated rings. The molecule has 0 N–H and O–H groups in total. The van der Waals surface area contributed by atoms with Crippen molar-refractivity contribution in [3.8, 4) is 0 Å². The van der Waals surface area contributed by atoms with Crippen LogP contribution < -0.4 is 0 Å². The van der Waals surface area contributed by atoms with Crippen LogP contribution in [0.15, 0.2) is 0 Å². The molecule has 13 heavy (non-hydrogen) atoms. The summed E-state index contributed by atoms with van der Waals surface area (Å²) in [6.07, 6.45) is 8.47. The molecule has 0 unspecified atom stereocenters. The van der Waals surface area contributed by atoms with Crippen molar-refractivity contribution in [1.82, 2.24) is 0 Å². The van der Waals surface area contributed by atoms with E-state index in [1.54, 1.807) is 0 Å². The SMILES string of the molecule is CCCC1(CCC)CC[C@H](C)OC1. The highest BCUT2D eigenvalue weighted by molar-refractivity contribution is 4.82. The van der Waals surface area contributed by atoms with E-state index in [1.165, 1.54) is 38.5 Å². The van der Waals surface area contributed by atoms with E-state index in [0.717, 1.165) is 6.61 Å². The fraction of sp³-hybridized carbons (Fsp3) is 1.00. The highest BCUT2D eigenvalue weighted by atomic mass is 16.5. The lowest BCUT2D eigenvalue weighted by Crippen LogP contribution is -2.34. The average molecular weight is 184 g/mol. The molecule has 78 valence electrons. The molecule has 1 rings (SSSR count). The lowest BCUT2D eigenvalue weighted by atomic mass is 9.74. The Bertz CT molecular complexity index is 126. The molecule has 1 nitrogen and oxygen atoms in total. The van der Waals surface area contributed by atoms with Crippen molar-refractivity contribution in [2.75, 3.05) is 6.61 Å². The van der Waals surface area contributed by atoms with Crippen LogP contribution in [0.1, 0.15) is 59.3 Å². The molecule has 1 heterocycles. The van der Waals surface area contributed by atoms with Gasteiger partial charge in [-0.15, -0.1) is 0 Å². The minimum Gasteiger partial charge on any atom is -0.378 e. The van der Waals surface area contributed by atoms with Crippen LogP contribution in [0, 0.1) is 5.41 Å². The van der Waals surface area contributed by atoms with Gasteiger partial charge in [0, 0.05) is 0 Å². The predicted octanol–water partition coefficient (Wildman–Crippen LogP) is 3.77. The first-order valence-corrected chi connectivity index (χ1v) is 5.84. The maximum atomic E-state index is 5.80. The van der Waals surface area contributed by atoms with Gasteiger partial charge in [0.25, 0.3) is 0 Å². The van der Waals surface area contributed by atoms with Gasteiger partial charge in [-0.05, 0) is 38.0 Å². The van der Waals surface area contributed by atoms with Crippen molar-refractivity contribution in [2.24, 2.45) is 5.41 Å². The summed E-state index contributed by atoms with van der Waals surface area (Å²) >= 11 is 0. The Morgan fingerprint density at radius 1 is 1.23 bits per heavy atom. The third-order valence-electron chi connectivity index (χ3n) is 3.32. The third-order valence-corrected chi connectivity index (χ3v) is 3.32. The van der Waals surface area contributed by atoms with E-state index < -0.39 is 0 Å². The second-order valence-corrected chi connectivity index (χ2v) is 4.66. The zero-order valence-electron chi connectivity index (χ0n) is 9.44.